The van der Waals surface area contributed by atoms with E-state index >= 15 is 0 Å². The minimum Gasteiger partial charge on any atom is -0.309 e. The number of nitrogens with zero attached hydrogens (tertiary/aromatic N) is 2. The van der Waals surface area contributed by atoms with E-state index in [2.05, 4.69) is 31.1 Å². The van der Waals surface area contributed by atoms with Crippen molar-refractivity contribution in [3.63, 3.8) is 0 Å². The lowest BCUT2D eigenvalue weighted by molar-refractivity contribution is -0.385. The summed E-state index contributed by atoms with van der Waals surface area (Å²) in [7, 11) is 2.12. The smallest absolute Gasteiger partial charge is 0.272 e. The monoisotopic (exact) mass is 293 g/mol. The van der Waals surface area contributed by atoms with Gasteiger partial charge in [-0.15, -0.1) is 0 Å². The zero-order valence-corrected chi connectivity index (χ0v) is 13.7. The van der Waals surface area contributed by atoms with Crippen molar-refractivity contribution in [2.75, 3.05) is 20.1 Å². The van der Waals surface area contributed by atoms with Crippen LogP contribution in [0.1, 0.15) is 44.4 Å². The Labute approximate surface area is 127 Å². The Morgan fingerprint density at radius 2 is 2.05 bits per heavy atom. The Morgan fingerprint density at radius 1 is 1.38 bits per heavy atom. The molecular weight excluding hydrogens is 266 g/mol. The molecule has 0 amide bonds. The van der Waals surface area contributed by atoms with Crippen molar-refractivity contribution < 1.29 is 4.92 Å². The molecule has 2 unspecified atom stereocenters. The van der Waals surface area contributed by atoms with Crippen LogP contribution in [0.15, 0.2) is 18.2 Å². The van der Waals surface area contributed by atoms with E-state index in [9.17, 15) is 10.1 Å². The van der Waals surface area contributed by atoms with Gasteiger partial charge in [0.15, 0.2) is 0 Å². The van der Waals surface area contributed by atoms with Crippen molar-refractivity contribution in [2.45, 2.75) is 46.2 Å². The molecule has 1 aromatic carbocycles. The van der Waals surface area contributed by atoms with Crippen molar-refractivity contribution in [1.29, 1.82) is 0 Å². The molecule has 0 fully saturated rings. The SMILES string of the molecule is CCC(C)N(C)CCNC(C)c1ccc(C)c([N+](=O)[O-])c1. The molecule has 0 saturated heterocycles. The number of nitro groups is 1. The van der Waals surface area contributed by atoms with Crippen molar-refractivity contribution in [3.05, 3.63) is 39.4 Å². The average Bonchev–Trinajstić information content (AvgIpc) is 2.46. The third kappa shape index (κ3) is 5.10. The van der Waals surface area contributed by atoms with Crippen LogP contribution in [0.25, 0.3) is 0 Å². The first-order valence-electron chi connectivity index (χ1n) is 7.55. The number of nitrogens with one attached hydrogen (secondary N) is 1. The molecule has 0 aliphatic carbocycles. The summed E-state index contributed by atoms with van der Waals surface area (Å²) >= 11 is 0. The van der Waals surface area contributed by atoms with Gasteiger partial charge < -0.3 is 10.2 Å². The van der Waals surface area contributed by atoms with Crippen LogP contribution in [0.2, 0.25) is 0 Å². The van der Waals surface area contributed by atoms with Gasteiger partial charge in [-0.3, -0.25) is 10.1 Å². The summed E-state index contributed by atoms with van der Waals surface area (Å²) in [4.78, 5) is 13.0. The zero-order chi connectivity index (χ0) is 16.0. The van der Waals surface area contributed by atoms with Gasteiger partial charge in [0.1, 0.15) is 0 Å². The molecule has 1 rings (SSSR count). The maximum absolute atomic E-state index is 11.0. The van der Waals surface area contributed by atoms with Gasteiger partial charge in [0.25, 0.3) is 5.69 Å². The highest BCUT2D eigenvalue weighted by Gasteiger charge is 2.14. The summed E-state index contributed by atoms with van der Waals surface area (Å²) in [5.41, 5.74) is 1.85. The van der Waals surface area contributed by atoms with Crippen LogP contribution in [0, 0.1) is 17.0 Å². The van der Waals surface area contributed by atoms with E-state index in [0.29, 0.717) is 11.6 Å². The first kappa shape index (κ1) is 17.6. The maximum Gasteiger partial charge on any atom is 0.272 e. The van der Waals surface area contributed by atoms with Gasteiger partial charge in [-0.2, -0.15) is 0 Å². The van der Waals surface area contributed by atoms with Crippen LogP contribution < -0.4 is 5.32 Å². The highest BCUT2D eigenvalue weighted by atomic mass is 16.6. The van der Waals surface area contributed by atoms with Crippen LogP contribution in [0.3, 0.4) is 0 Å². The molecular formula is C16H27N3O2. The number of likely N-dealkylation sites (N-methyl/N-ethyl adjacent to an activating group) is 1. The fourth-order valence-electron chi connectivity index (χ4n) is 2.20. The van der Waals surface area contributed by atoms with E-state index in [1.54, 1.807) is 13.0 Å². The van der Waals surface area contributed by atoms with Gasteiger partial charge in [-0.1, -0.05) is 19.1 Å². The molecule has 21 heavy (non-hydrogen) atoms. The van der Waals surface area contributed by atoms with Gasteiger partial charge in [-0.05, 0) is 39.8 Å². The summed E-state index contributed by atoms with van der Waals surface area (Å²) in [6.07, 6.45) is 1.14. The maximum atomic E-state index is 11.0. The molecule has 0 heterocycles. The van der Waals surface area contributed by atoms with Crippen LogP contribution in [-0.2, 0) is 0 Å². The number of benzene rings is 1. The first-order valence-corrected chi connectivity index (χ1v) is 7.55. The second-order valence-electron chi connectivity index (χ2n) is 5.72. The number of rotatable bonds is 8. The highest BCUT2D eigenvalue weighted by molar-refractivity contribution is 5.43. The molecule has 0 bridgehead atoms. The molecule has 5 heteroatoms. The van der Waals surface area contributed by atoms with Crippen molar-refractivity contribution >= 4 is 5.69 Å². The predicted octanol–water partition coefficient (Wildman–Crippen LogP) is 3.28. The fraction of sp³-hybridized carbons (Fsp3) is 0.625. The van der Waals surface area contributed by atoms with Crippen molar-refractivity contribution in [3.8, 4) is 0 Å². The Kier molecular flexibility index (Phi) is 6.78. The van der Waals surface area contributed by atoms with Gasteiger partial charge in [0, 0.05) is 36.8 Å². The van der Waals surface area contributed by atoms with Crippen LogP contribution in [-0.4, -0.2) is 36.0 Å². The predicted molar refractivity (Wildman–Crippen MR) is 86.6 cm³/mol. The molecule has 0 aliphatic heterocycles. The summed E-state index contributed by atoms with van der Waals surface area (Å²) in [6.45, 7) is 10.0. The first-order chi connectivity index (χ1) is 9.86. The molecule has 5 nitrogen and oxygen atoms in total. The second kappa shape index (κ2) is 8.10. The minimum atomic E-state index is -0.317. The Morgan fingerprint density at radius 3 is 2.62 bits per heavy atom. The van der Waals surface area contributed by atoms with E-state index in [0.717, 1.165) is 25.1 Å². The molecule has 0 aromatic heterocycles. The minimum absolute atomic E-state index is 0.106. The second-order valence-corrected chi connectivity index (χ2v) is 5.72. The van der Waals surface area contributed by atoms with E-state index < -0.39 is 0 Å². The van der Waals surface area contributed by atoms with E-state index in [-0.39, 0.29) is 16.7 Å². The molecule has 0 radical (unpaired) electrons. The molecule has 1 N–H and O–H groups in total. The number of nitro benzene ring substituents is 1. The molecule has 0 spiro atoms. The molecule has 118 valence electrons. The molecule has 0 saturated carbocycles. The standard InChI is InChI=1S/C16H27N3O2/c1-6-13(3)18(5)10-9-17-14(4)15-8-7-12(2)16(11-15)19(20)21/h7-8,11,13-14,17H,6,9-10H2,1-5H3. The zero-order valence-electron chi connectivity index (χ0n) is 13.7. The number of aryl methyl sites for hydroxylation is 1. The molecule has 1 aromatic rings. The Bertz CT molecular complexity index is 477. The summed E-state index contributed by atoms with van der Waals surface area (Å²) in [6, 6.07) is 6.12. The average molecular weight is 293 g/mol. The highest BCUT2D eigenvalue weighted by Crippen LogP contribution is 2.23. The van der Waals surface area contributed by atoms with E-state index in [4.69, 9.17) is 0 Å². The topological polar surface area (TPSA) is 58.4 Å². The normalized spacial score (nSPS) is 14.2. The van der Waals surface area contributed by atoms with Crippen LogP contribution in [0.5, 0.6) is 0 Å². The van der Waals surface area contributed by atoms with Gasteiger partial charge >= 0.3 is 0 Å². The lowest BCUT2D eigenvalue weighted by Crippen LogP contribution is -2.35. The fourth-order valence-corrected chi connectivity index (χ4v) is 2.20. The van der Waals surface area contributed by atoms with Crippen molar-refractivity contribution in [1.82, 2.24) is 10.2 Å². The third-order valence-electron chi connectivity index (χ3n) is 4.19. The van der Waals surface area contributed by atoms with Crippen molar-refractivity contribution in [2.24, 2.45) is 0 Å². The third-order valence-corrected chi connectivity index (χ3v) is 4.19. The number of hydrogen-bond acceptors (Lipinski definition) is 4. The van der Waals surface area contributed by atoms with Gasteiger partial charge in [-0.25, -0.2) is 0 Å². The summed E-state index contributed by atoms with van der Waals surface area (Å²) in [5, 5.41) is 14.4. The van der Waals surface area contributed by atoms with Gasteiger partial charge in [0.05, 0.1) is 4.92 Å². The summed E-state index contributed by atoms with van der Waals surface area (Å²) in [5.74, 6) is 0. The van der Waals surface area contributed by atoms with E-state index in [1.807, 2.05) is 19.1 Å². The summed E-state index contributed by atoms with van der Waals surface area (Å²) < 4.78 is 0. The quantitative estimate of drug-likeness (QED) is 0.590. The van der Waals surface area contributed by atoms with Crippen LogP contribution >= 0.6 is 0 Å². The lowest BCUT2D eigenvalue weighted by Gasteiger charge is -2.24. The Balaban J connectivity index is 2.58. The lowest BCUT2D eigenvalue weighted by atomic mass is 10.0. The largest absolute Gasteiger partial charge is 0.309 e. The Hall–Kier alpha value is -1.46. The number of hydrogen-bond donors (Lipinski definition) is 1. The van der Waals surface area contributed by atoms with Crippen LogP contribution in [0.4, 0.5) is 5.69 Å². The molecule has 0 aliphatic rings. The molecule has 2 atom stereocenters. The van der Waals surface area contributed by atoms with Gasteiger partial charge in [0.2, 0.25) is 0 Å². The van der Waals surface area contributed by atoms with E-state index in [1.165, 1.54) is 0 Å².